The monoisotopic (exact) mass is 229 g/mol. The number of benzene rings is 1. The van der Waals surface area contributed by atoms with Crippen molar-refractivity contribution in [2.24, 2.45) is 0 Å². The summed E-state index contributed by atoms with van der Waals surface area (Å²) in [5.74, 6) is -0.251. The third-order valence-corrected chi connectivity index (χ3v) is 1.99. The molecule has 0 bridgehead atoms. The maximum atomic E-state index is 12.3. The summed E-state index contributed by atoms with van der Waals surface area (Å²) < 4.78 is 36.9. The van der Waals surface area contributed by atoms with Crippen molar-refractivity contribution in [1.82, 2.24) is 4.98 Å². The van der Waals surface area contributed by atoms with Crippen LogP contribution in [0.15, 0.2) is 30.3 Å². The van der Waals surface area contributed by atoms with Gasteiger partial charge in [-0.2, -0.15) is 13.2 Å². The van der Waals surface area contributed by atoms with Gasteiger partial charge >= 0.3 is 6.18 Å². The van der Waals surface area contributed by atoms with Gasteiger partial charge in [0, 0.05) is 5.39 Å². The van der Waals surface area contributed by atoms with E-state index in [1.807, 2.05) is 0 Å². The molecule has 2 aromatic rings. The number of pyridine rings is 1. The number of phenols is 1. The van der Waals surface area contributed by atoms with Crippen LogP contribution in [0, 0.1) is 0 Å². The van der Waals surface area contributed by atoms with E-state index in [0.717, 1.165) is 6.07 Å². The van der Waals surface area contributed by atoms with Crippen LogP contribution in [0.3, 0.4) is 0 Å². The van der Waals surface area contributed by atoms with Crippen molar-refractivity contribution in [3.05, 3.63) is 36.0 Å². The number of aromatic nitrogens is 1. The lowest BCUT2D eigenvalue weighted by Gasteiger charge is -2.07. The van der Waals surface area contributed by atoms with Gasteiger partial charge in [-0.1, -0.05) is 25.6 Å². The molecule has 2 rings (SSSR count). The average molecular weight is 229 g/mol. The van der Waals surface area contributed by atoms with Crippen LogP contribution in [0.2, 0.25) is 0 Å². The van der Waals surface area contributed by atoms with E-state index in [1.54, 1.807) is 12.1 Å². The van der Waals surface area contributed by atoms with Gasteiger partial charge in [-0.25, -0.2) is 4.98 Å². The van der Waals surface area contributed by atoms with Crippen molar-refractivity contribution in [2.75, 3.05) is 0 Å². The van der Waals surface area contributed by atoms with Crippen molar-refractivity contribution in [1.29, 1.82) is 0 Å². The molecule has 0 spiro atoms. The van der Waals surface area contributed by atoms with Gasteiger partial charge in [-0.05, 0) is 12.1 Å². The number of halogens is 3. The maximum Gasteiger partial charge on any atom is 0.433 e. The Morgan fingerprint density at radius 1 is 1.06 bits per heavy atom. The maximum absolute atomic E-state index is 12.3. The van der Waals surface area contributed by atoms with Gasteiger partial charge in [0.1, 0.15) is 17.0 Å². The Morgan fingerprint density at radius 3 is 2.38 bits per heavy atom. The first-order chi connectivity index (χ1) is 6.98. The number of fused-ring (bicyclic) bond motifs is 1. The summed E-state index contributed by atoms with van der Waals surface area (Å²) in [6, 6.07) is 6.61. The number of aromatic hydroxyl groups is 1. The number of hydrogen-bond donors (Lipinski definition) is 1. The SMILES string of the molecule is C.Oc1cccc2ccc(C(F)(F)F)nc12. The molecule has 1 N–H and O–H groups in total. The van der Waals surface area contributed by atoms with Crippen molar-refractivity contribution >= 4 is 10.9 Å². The molecular formula is C11H10F3NO. The van der Waals surface area contributed by atoms with E-state index in [4.69, 9.17) is 0 Å². The van der Waals surface area contributed by atoms with Gasteiger partial charge in [0.25, 0.3) is 0 Å². The Labute approximate surface area is 90.4 Å². The Morgan fingerprint density at radius 2 is 1.75 bits per heavy atom. The van der Waals surface area contributed by atoms with Crippen LogP contribution in [-0.4, -0.2) is 10.1 Å². The van der Waals surface area contributed by atoms with Gasteiger partial charge in [0.15, 0.2) is 0 Å². The summed E-state index contributed by atoms with van der Waals surface area (Å²) in [4.78, 5) is 3.37. The fourth-order valence-electron chi connectivity index (χ4n) is 1.29. The number of rotatable bonds is 0. The molecule has 0 atom stereocenters. The van der Waals surface area contributed by atoms with E-state index in [2.05, 4.69) is 4.98 Å². The summed E-state index contributed by atoms with van der Waals surface area (Å²) in [5, 5.41) is 9.81. The van der Waals surface area contributed by atoms with E-state index in [1.165, 1.54) is 12.1 Å². The number of hydrogen-bond acceptors (Lipinski definition) is 2. The first-order valence-electron chi connectivity index (χ1n) is 4.14. The molecule has 5 heteroatoms. The highest BCUT2D eigenvalue weighted by molar-refractivity contribution is 5.84. The molecular weight excluding hydrogens is 219 g/mol. The van der Waals surface area contributed by atoms with Crippen LogP contribution in [0.25, 0.3) is 10.9 Å². The largest absolute Gasteiger partial charge is 0.506 e. The second-order valence-electron chi connectivity index (χ2n) is 3.04. The lowest BCUT2D eigenvalue weighted by molar-refractivity contribution is -0.140. The van der Waals surface area contributed by atoms with Crippen molar-refractivity contribution in [2.45, 2.75) is 13.6 Å². The zero-order chi connectivity index (χ0) is 11.1. The Kier molecular flexibility index (Phi) is 3.07. The van der Waals surface area contributed by atoms with Crippen molar-refractivity contribution < 1.29 is 18.3 Å². The lowest BCUT2D eigenvalue weighted by atomic mass is 10.2. The first kappa shape index (κ1) is 12.3. The minimum absolute atomic E-state index is 0. The van der Waals surface area contributed by atoms with Crippen LogP contribution in [0.5, 0.6) is 5.75 Å². The third kappa shape index (κ3) is 2.08. The highest BCUT2D eigenvalue weighted by Crippen LogP contribution is 2.31. The molecule has 0 aliphatic rings. The quantitative estimate of drug-likeness (QED) is 0.748. The highest BCUT2D eigenvalue weighted by Gasteiger charge is 2.32. The number of phenolic OH excluding ortho intramolecular Hbond substituents is 1. The van der Waals surface area contributed by atoms with Gasteiger partial charge in [-0.3, -0.25) is 0 Å². The molecule has 86 valence electrons. The summed E-state index contributed by atoms with van der Waals surface area (Å²) in [6.45, 7) is 0. The molecule has 16 heavy (non-hydrogen) atoms. The van der Waals surface area contributed by atoms with Gasteiger partial charge in [0.2, 0.25) is 0 Å². The minimum Gasteiger partial charge on any atom is -0.506 e. The second kappa shape index (κ2) is 4.00. The van der Waals surface area contributed by atoms with Crippen LogP contribution >= 0.6 is 0 Å². The molecule has 1 aromatic carbocycles. The molecule has 0 saturated heterocycles. The molecule has 0 saturated carbocycles. The predicted molar refractivity (Wildman–Crippen MR) is 55.1 cm³/mol. The van der Waals surface area contributed by atoms with Gasteiger partial charge < -0.3 is 5.11 Å². The Bertz CT molecular complexity index is 508. The molecule has 1 aromatic heterocycles. The van der Waals surface area contributed by atoms with Gasteiger partial charge in [-0.15, -0.1) is 0 Å². The van der Waals surface area contributed by atoms with Crippen molar-refractivity contribution in [3.63, 3.8) is 0 Å². The Hall–Kier alpha value is -1.78. The topological polar surface area (TPSA) is 33.1 Å². The molecule has 1 heterocycles. The van der Waals surface area contributed by atoms with Crippen LogP contribution in [0.1, 0.15) is 13.1 Å². The van der Waals surface area contributed by atoms with E-state index >= 15 is 0 Å². The number of alkyl halides is 3. The normalized spacial score (nSPS) is 11.2. The molecule has 2 nitrogen and oxygen atoms in total. The fraction of sp³-hybridized carbons (Fsp3) is 0.182. The molecule has 0 fully saturated rings. The number of para-hydroxylation sites is 1. The number of nitrogens with zero attached hydrogens (tertiary/aromatic N) is 1. The molecule has 0 aliphatic heterocycles. The summed E-state index contributed by atoms with van der Waals surface area (Å²) in [7, 11) is 0. The van der Waals surface area contributed by atoms with E-state index < -0.39 is 11.9 Å². The zero-order valence-electron chi connectivity index (χ0n) is 7.42. The fourth-order valence-corrected chi connectivity index (χ4v) is 1.29. The predicted octanol–water partition coefficient (Wildman–Crippen LogP) is 3.60. The van der Waals surface area contributed by atoms with E-state index in [-0.39, 0.29) is 18.7 Å². The van der Waals surface area contributed by atoms with Crippen LogP contribution < -0.4 is 0 Å². The smallest absolute Gasteiger partial charge is 0.433 e. The third-order valence-electron chi connectivity index (χ3n) is 1.99. The van der Waals surface area contributed by atoms with Crippen LogP contribution in [0.4, 0.5) is 13.2 Å². The van der Waals surface area contributed by atoms with Gasteiger partial charge in [0.05, 0.1) is 0 Å². The average Bonchev–Trinajstić information content (AvgIpc) is 2.16. The van der Waals surface area contributed by atoms with Crippen LogP contribution in [-0.2, 0) is 6.18 Å². The summed E-state index contributed by atoms with van der Waals surface area (Å²) in [6.07, 6.45) is -4.49. The second-order valence-corrected chi connectivity index (χ2v) is 3.04. The standard InChI is InChI=1S/C10H6F3NO.CH4/c11-10(12,13)8-5-4-6-2-1-3-7(15)9(6)14-8;/h1-5,15H;1H4. The molecule has 0 aliphatic carbocycles. The zero-order valence-corrected chi connectivity index (χ0v) is 7.42. The minimum atomic E-state index is -4.49. The molecule has 0 unspecified atom stereocenters. The molecule has 0 amide bonds. The summed E-state index contributed by atoms with van der Waals surface area (Å²) >= 11 is 0. The van der Waals surface area contributed by atoms with Crippen molar-refractivity contribution in [3.8, 4) is 5.75 Å². The van der Waals surface area contributed by atoms with E-state index in [9.17, 15) is 18.3 Å². The molecule has 0 radical (unpaired) electrons. The lowest BCUT2D eigenvalue weighted by Crippen LogP contribution is -2.07. The van der Waals surface area contributed by atoms with E-state index in [0.29, 0.717) is 5.39 Å². The highest BCUT2D eigenvalue weighted by atomic mass is 19.4. The Balaban J connectivity index is 0.00000128. The summed E-state index contributed by atoms with van der Waals surface area (Å²) in [5.41, 5.74) is -1.04. The first-order valence-corrected chi connectivity index (χ1v) is 4.14.